The maximum Gasteiger partial charge on any atom is 0.387 e. The summed E-state index contributed by atoms with van der Waals surface area (Å²) in [5.41, 5.74) is 3.51. The largest absolute Gasteiger partial charge is 0.435 e. The molecular formula is C28H38F2O. The number of hydrogen-bond donors (Lipinski definition) is 0. The van der Waals surface area contributed by atoms with E-state index in [4.69, 9.17) is 0 Å². The highest BCUT2D eigenvalue weighted by Gasteiger charge is 2.20. The van der Waals surface area contributed by atoms with Crippen LogP contribution in [0.5, 0.6) is 5.75 Å². The molecule has 0 aromatic heterocycles. The molecule has 0 spiro atoms. The minimum Gasteiger partial charge on any atom is -0.435 e. The third-order valence-electron chi connectivity index (χ3n) is 6.89. The predicted octanol–water partition coefficient (Wildman–Crippen LogP) is 9.05. The quantitative estimate of drug-likeness (QED) is 0.306. The van der Waals surface area contributed by atoms with Crippen LogP contribution in [0.2, 0.25) is 0 Å². The molecule has 0 N–H and O–H groups in total. The second-order valence-electron chi connectivity index (χ2n) is 9.23. The van der Waals surface area contributed by atoms with Gasteiger partial charge in [-0.1, -0.05) is 108 Å². The molecule has 0 amide bonds. The molecular weight excluding hydrogens is 390 g/mol. The van der Waals surface area contributed by atoms with Crippen molar-refractivity contribution in [3.8, 4) is 16.9 Å². The molecule has 3 rings (SSSR count). The van der Waals surface area contributed by atoms with Gasteiger partial charge in [0.15, 0.2) is 0 Å². The summed E-state index contributed by atoms with van der Waals surface area (Å²) >= 11 is 0. The molecule has 1 fully saturated rings. The average molecular weight is 429 g/mol. The number of aryl methyl sites for hydroxylation is 1. The van der Waals surface area contributed by atoms with Crippen molar-refractivity contribution in [1.82, 2.24) is 0 Å². The lowest BCUT2D eigenvalue weighted by Crippen LogP contribution is -2.15. The van der Waals surface area contributed by atoms with E-state index in [9.17, 15) is 8.78 Å². The van der Waals surface area contributed by atoms with E-state index < -0.39 is 6.61 Å². The normalized spacial score (nSPS) is 19.0. The lowest BCUT2D eigenvalue weighted by Gasteiger charge is -2.28. The molecule has 0 unspecified atom stereocenters. The molecule has 2 aromatic rings. The number of hydrogen-bond acceptors (Lipinski definition) is 1. The van der Waals surface area contributed by atoms with Gasteiger partial charge >= 0.3 is 6.61 Å². The van der Waals surface area contributed by atoms with E-state index >= 15 is 0 Å². The van der Waals surface area contributed by atoms with Crippen molar-refractivity contribution in [3.05, 3.63) is 54.1 Å². The molecule has 1 nitrogen and oxygen atoms in total. The Bertz CT molecular complexity index is 731. The molecule has 2 aromatic carbocycles. The van der Waals surface area contributed by atoms with Crippen LogP contribution in [0, 0.1) is 11.8 Å². The van der Waals surface area contributed by atoms with Gasteiger partial charge in [0.25, 0.3) is 0 Å². The molecule has 0 radical (unpaired) electrons. The molecule has 0 heterocycles. The van der Waals surface area contributed by atoms with Crippen LogP contribution in [0.15, 0.2) is 48.5 Å². The Morgan fingerprint density at radius 2 is 1.29 bits per heavy atom. The van der Waals surface area contributed by atoms with Crippen LogP contribution in [0.1, 0.15) is 83.1 Å². The molecule has 0 saturated heterocycles. The summed E-state index contributed by atoms with van der Waals surface area (Å²) in [5, 5.41) is 0. The number of halogens is 2. The lowest BCUT2D eigenvalue weighted by atomic mass is 9.77. The van der Waals surface area contributed by atoms with Gasteiger partial charge in [-0.25, -0.2) is 0 Å². The van der Waals surface area contributed by atoms with Crippen LogP contribution in [0.4, 0.5) is 8.78 Å². The Morgan fingerprint density at radius 1 is 0.742 bits per heavy atom. The van der Waals surface area contributed by atoms with Crippen molar-refractivity contribution in [3.63, 3.8) is 0 Å². The van der Waals surface area contributed by atoms with Gasteiger partial charge in [-0.05, 0) is 53.5 Å². The number of unbranched alkanes of at least 4 members (excludes halogenated alkanes) is 4. The summed E-state index contributed by atoms with van der Waals surface area (Å²) in [6.45, 7) is -0.499. The fourth-order valence-corrected chi connectivity index (χ4v) is 4.91. The summed E-state index contributed by atoms with van der Waals surface area (Å²) < 4.78 is 29.0. The predicted molar refractivity (Wildman–Crippen MR) is 126 cm³/mol. The number of rotatable bonds is 12. The van der Waals surface area contributed by atoms with Crippen molar-refractivity contribution >= 4 is 0 Å². The number of ether oxygens (including phenoxy) is 1. The third kappa shape index (κ3) is 8.27. The summed E-state index contributed by atoms with van der Waals surface area (Å²) in [6, 6.07) is 15.5. The van der Waals surface area contributed by atoms with E-state index in [1.54, 1.807) is 12.1 Å². The van der Waals surface area contributed by atoms with Crippen LogP contribution in [0.25, 0.3) is 11.1 Å². The highest BCUT2D eigenvalue weighted by Crippen LogP contribution is 2.34. The van der Waals surface area contributed by atoms with E-state index in [-0.39, 0.29) is 5.75 Å². The first kappa shape index (κ1) is 23.8. The zero-order valence-electron chi connectivity index (χ0n) is 19.0. The van der Waals surface area contributed by atoms with E-state index in [0.29, 0.717) is 0 Å². The molecule has 1 aliphatic rings. The summed E-state index contributed by atoms with van der Waals surface area (Å²) in [4.78, 5) is 0. The van der Waals surface area contributed by atoms with E-state index in [0.717, 1.165) is 29.4 Å². The molecule has 0 aliphatic heterocycles. The van der Waals surface area contributed by atoms with Crippen molar-refractivity contribution in [2.75, 3.05) is 0 Å². The molecule has 3 heteroatoms. The fraction of sp³-hybridized carbons (Fsp3) is 0.571. The lowest BCUT2D eigenvalue weighted by molar-refractivity contribution is -0.0498. The van der Waals surface area contributed by atoms with Crippen LogP contribution < -0.4 is 4.74 Å². The average Bonchev–Trinajstić information content (AvgIpc) is 2.79. The Labute approximate surface area is 187 Å². The highest BCUT2D eigenvalue weighted by molar-refractivity contribution is 5.64. The zero-order valence-corrected chi connectivity index (χ0v) is 19.0. The highest BCUT2D eigenvalue weighted by atomic mass is 19.3. The van der Waals surface area contributed by atoms with Crippen molar-refractivity contribution in [1.29, 1.82) is 0 Å². The van der Waals surface area contributed by atoms with Gasteiger partial charge in [0.1, 0.15) is 5.75 Å². The minimum absolute atomic E-state index is 0.196. The standard InChI is InChI=1S/C28H38F2O/c1-2-3-4-5-6-7-22-8-10-23(11-9-22)12-13-24-14-16-25(17-15-24)26-18-20-27(21-19-26)31-28(29)30/h14-23,28H,2-13H2,1H3/t22-,23-. The first-order valence-corrected chi connectivity index (χ1v) is 12.3. The van der Waals surface area contributed by atoms with Gasteiger partial charge in [-0.2, -0.15) is 8.78 Å². The van der Waals surface area contributed by atoms with E-state index in [2.05, 4.69) is 35.9 Å². The Hall–Kier alpha value is -1.90. The fourth-order valence-electron chi connectivity index (χ4n) is 4.91. The maximum absolute atomic E-state index is 12.3. The van der Waals surface area contributed by atoms with Crippen LogP contribution >= 0.6 is 0 Å². The second kappa shape index (κ2) is 12.8. The first-order valence-electron chi connectivity index (χ1n) is 12.3. The van der Waals surface area contributed by atoms with Gasteiger partial charge in [0, 0.05) is 0 Å². The van der Waals surface area contributed by atoms with Gasteiger partial charge in [-0.3, -0.25) is 0 Å². The smallest absolute Gasteiger partial charge is 0.387 e. The van der Waals surface area contributed by atoms with E-state index in [1.807, 2.05) is 12.1 Å². The van der Waals surface area contributed by atoms with Gasteiger partial charge < -0.3 is 4.74 Å². The van der Waals surface area contributed by atoms with Crippen LogP contribution in [-0.2, 0) is 6.42 Å². The second-order valence-corrected chi connectivity index (χ2v) is 9.23. The maximum atomic E-state index is 12.3. The SMILES string of the molecule is CCCCCCC[C@H]1CC[C@H](CCc2ccc(-c3ccc(OC(F)F)cc3)cc2)CC1. The number of alkyl halides is 2. The first-order chi connectivity index (χ1) is 15.1. The Kier molecular flexibility index (Phi) is 9.84. The topological polar surface area (TPSA) is 9.23 Å². The molecule has 170 valence electrons. The zero-order chi connectivity index (χ0) is 21.9. The minimum atomic E-state index is -2.78. The van der Waals surface area contributed by atoms with Gasteiger partial charge in [0.2, 0.25) is 0 Å². The van der Waals surface area contributed by atoms with Crippen molar-refractivity contribution in [2.45, 2.75) is 90.6 Å². The van der Waals surface area contributed by atoms with Crippen LogP contribution in [-0.4, -0.2) is 6.61 Å². The Morgan fingerprint density at radius 3 is 1.87 bits per heavy atom. The van der Waals surface area contributed by atoms with Crippen molar-refractivity contribution in [2.24, 2.45) is 11.8 Å². The van der Waals surface area contributed by atoms with Crippen LogP contribution in [0.3, 0.4) is 0 Å². The summed E-state index contributed by atoms with van der Waals surface area (Å²) in [7, 11) is 0. The Balaban J connectivity index is 1.37. The molecule has 1 saturated carbocycles. The molecule has 31 heavy (non-hydrogen) atoms. The monoisotopic (exact) mass is 428 g/mol. The van der Waals surface area contributed by atoms with E-state index in [1.165, 1.54) is 76.2 Å². The molecule has 0 bridgehead atoms. The summed E-state index contributed by atoms with van der Waals surface area (Å²) in [5.74, 6) is 2.06. The van der Waals surface area contributed by atoms with Gasteiger partial charge in [0.05, 0.1) is 0 Å². The van der Waals surface area contributed by atoms with Crippen molar-refractivity contribution < 1.29 is 13.5 Å². The van der Waals surface area contributed by atoms with Gasteiger partial charge in [-0.15, -0.1) is 0 Å². The molecule has 0 atom stereocenters. The summed E-state index contributed by atoms with van der Waals surface area (Å²) in [6.07, 6.45) is 16.6. The third-order valence-corrected chi connectivity index (χ3v) is 6.89. The molecule has 1 aliphatic carbocycles. The number of benzene rings is 2.